The van der Waals surface area contributed by atoms with Crippen molar-refractivity contribution >= 4 is 63.1 Å². The smallest absolute Gasteiger partial charge is 0.175 e. The number of thioether (sulfide) groups is 1. The Morgan fingerprint density at radius 2 is 1.97 bits per heavy atom. The number of nitriles is 1. The van der Waals surface area contributed by atoms with Gasteiger partial charge < -0.3 is 14.5 Å². The molecule has 0 atom stereocenters. The maximum Gasteiger partial charge on any atom is 0.175 e. The number of allylic oxidation sites excluding steroid dienone is 1. The number of H-pyrrole nitrogens is 1. The lowest BCUT2D eigenvalue weighted by atomic mass is 10.2. The van der Waals surface area contributed by atoms with Crippen LogP contribution in [0.5, 0.6) is 11.5 Å². The van der Waals surface area contributed by atoms with Gasteiger partial charge in [-0.3, -0.25) is 0 Å². The molecule has 33 heavy (non-hydrogen) atoms. The summed E-state index contributed by atoms with van der Waals surface area (Å²) in [5, 5.41) is 11.0. The Labute approximate surface area is 214 Å². The van der Waals surface area contributed by atoms with E-state index < -0.39 is 0 Å². The molecule has 1 N–H and O–H groups in total. The molecule has 4 rings (SSSR count). The van der Waals surface area contributed by atoms with Crippen LogP contribution < -0.4 is 9.47 Å². The summed E-state index contributed by atoms with van der Waals surface area (Å²) >= 11 is 9.77. The van der Waals surface area contributed by atoms with Crippen molar-refractivity contribution in [3.05, 3.63) is 85.3 Å². The molecule has 0 amide bonds. The Bertz CT molecular complexity index is 1330. The second-order valence-corrected chi connectivity index (χ2v) is 9.52. The number of fused-ring (bicyclic) bond motifs is 1. The quantitative estimate of drug-likeness (QED) is 0.132. The van der Waals surface area contributed by atoms with Crippen molar-refractivity contribution in [2.45, 2.75) is 18.7 Å². The normalized spacial score (nSPS) is 11.4. The molecule has 0 spiro atoms. The van der Waals surface area contributed by atoms with Crippen LogP contribution in [0.3, 0.4) is 0 Å². The first kappa shape index (κ1) is 23.5. The van der Waals surface area contributed by atoms with Gasteiger partial charge in [0.25, 0.3) is 0 Å². The van der Waals surface area contributed by atoms with E-state index in [4.69, 9.17) is 21.1 Å². The lowest BCUT2D eigenvalue weighted by molar-refractivity contribution is 0.267. The van der Waals surface area contributed by atoms with E-state index in [0.29, 0.717) is 39.8 Å². The van der Waals surface area contributed by atoms with Crippen LogP contribution in [0.1, 0.15) is 18.1 Å². The second-order valence-electron chi connectivity index (χ2n) is 6.92. The molecule has 0 aliphatic rings. The lowest BCUT2D eigenvalue weighted by Gasteiger charge is -2.15. The van der Waals surface area contributed by atoms with E-state index >= 15 is 0 Å². The Hall–Kier alpha value is -2.67. The highest BCUT2D eigenvalue weighted by molar-refractivity contribution is 14.1. The van der Waals surface area contributed by atoms with Gasteiger partial charge in [-0.1, -0.05) is 41.9 Å². The van der Waals surface area contributed by atoms with Crippen molar-refractivity contribution in [2.24, 2.45) is 0 Å². The topological polar surface area (TPSA) is 70.9 Å². The Morgan fingerprint density at radius 3 is 2.73 bits per heavy atom. The van der Waals surface area contributed by atoms with Crippen LogP contribution in [0, 0.1) is 14.9 Å². The molecular weight excluding hydrogens is 569 g/mol. The molecule has 0 unspecified atom stereocenters. The van der Waals surface area contributed by atoms with Gasteiger partial charge in [0.1, 0.15) is 12.7 Å². The summed E-state index contributed by atoms with van der Waals surface area (Å²) < 4.78 is 12.8. The van der Waals surface area contributed by atoms with Crippen LogP contribution in [-0.2, 0) is 6.61 Å². The number of ether oxygens (including phenoxy) is 2. The van der Waals surface area contributed by atoms with E-state index in [1.807, 2.05) is 73.7 Å². The summed E-state index contributed by atoms with van der Waals surface area (Å²) in [5.41, 5.74) is 3.54. The Kier molecular flexibility index (Phi) is 7.81. The number of rotatable bonds is 8. The lowest BCUT2D eigenvalue weighted by Crippen LogP contribution is -2.02. The van der Waals surface area contributed by atoms with Gasteiger partial charge in [0, 0.05) is 10.6 Å². The zero-order chi connectivity index (χ0) is 23.2. The standard InChI is InChI=1S/C25H19ClIN3O2S/c1-2-31-23-13-16(12-20(27)24(23)32-15-17-7-3-4-8-19(17)26)11-18(14-28)33-25-29-21-9-5-6-10-22(21)30-25/h3-13H,2,15H2,1H3,(H,29,30)/b18-11+. The summed E-state index contributed by atoms with van der Waals surface area (Å²) in [4.78, 5) is 8.29. The summed E-state index contributed by atoms with van der Waals surface area (Å²) in [6, 6.07) is 21.5. The molecule has 1 heterocycles. The molecule has 8 heteroatoms. The number of aromatic nitrogens is 2. The predicted octanol–water partition coefficient (Wildman–Crippen LogP) is 7.46. The molecule has 0 aliphatic carbocycles. The first-order chi connectivity index (χ1) is 16.1. The third-order valence-electron chi connectivity index (χ3n) is 4.64. The zero-order valence-electron chi connectivity index (χ0n) is 17.6. The fourth-order valence-corrected chi connectivity index (χ4v) is 4.88. The number of hydrogen-bond acceptors (Lipinski definition) is 5. The molecular formula is C25H19ClIN3O2S. The largest absolute Gasteiger partial charge is 0.490 e. The summed E-state index contributed by atoms with van der Waals surface area (Å²) in [7, 11) is 0. The summed E-state index contributed by atoms with van der Waals surface area (Å²) in [6.07, 6.45) is 1.82. The molecule has 0 fully saturated rings. The van der Waals surface area contributed by atoms with Crippen molar-refractivity contribution in [3.8, 4) is 17.6 Å². The first-order valence-electron chi connectivity index (χ1n) is 10.1. The molecule has 4 aromatic rings. The fraction of sp³-hybridized carbons (Fsp3) is 0.120. The van der Waals surface area contributed by atoms with E-state index in [0.717, 1.165) is 25.7 Å². The van der Waals surface area contributed by atoms with Crippen molar-refractivity contribution in [1.29, 1.82) is 5.26 Å². The molecule has 1 aromatic heterocycles. The van der Waals surface area contributed by atoms with Gasteiger partial charge in [0.15, 0.2) is 16.7 Å². The average Bonchev–Trinajstić information content (AvgIpc) is 3.22. The predicted molar refractivity (Wildman–Crippen MR) is 142 cm³/mol. The molecule has 0 saturated heterocycles. The van der Waals surface area contributed by atoms with E-state index in [2.05, 4.69) is 38.6 Å². The van der Waals surface area contributed by atoms with Gasteiger partial charge in [-0.15, -0.1) is 0 Å². The number of benzene rings is 3. The van der Waals surface area contributed by atoms with Crippen molar-refractivity contribution in [1.82, 2.24) is 9.97 Å². The van der Waals surface area contributed by atoms with Crippen molar-refractivity contribution < 1.29 is 9.47 Å². The second kappa shape index (κ2) is 11.0. The highest BCUT2D eigenvalue weighted by atomic mass is 127. The molecule has 3 aromatic carbocycles. The monoisotopic (exact) mass is 587 g/mol. The SMILES string of the molecule is CCOc1cc(/C=C(\C#N)Sc2nc3ccccc3[nH]2)cc(I)c1OCc1ccccc1Cl. The van der Waals surface area contributed by atoms with Crippen LogP contribution in [0.4, 0.5) is 0 Å². The minimum Gasteiger partial charge on any atom is -0.490 e. The third kappa shape index (κ3) is 5.82. The van der Waals surface area contributed by atoms with Crippen molar-refractivity contribution in [3.63, 3.8) is 0 Å². The van der Waals surface area contributed by atoms with Gasteiger partial charge in [0.2, 0.25) is 0 Å². The number of nitrogens with zero attached hydrogens (tertiary/aromatic N) is 2. The van der Waals surface area contributed by atoms with Gasteiger partial charge in [-0.2, -0.15) is 5.26 Å². The number of aromatic amines is 1. The number of para-hydroxylation sites is 2. The highest BCUT2D eigenvalue weighted by Gasteiger charge is 2.14. The molecule has 0 aliphatic heterocycles. The van der Waals surface area contributed by atoms with Crippen molar-refractivity contribution in [2.75, 3.05) is 6.61 Å². The zero-order valence-corrected chi connectivity index (χ0v) is 21.4. The average molecular weight is 588 g/mol. The summed E-state index contributed by atoms with van der Waals surface area (Å²) in [5.74, 6) is 1.27. The Balaban J connectivity index is 1.59. The number of nitrogens with one attached hydrogen (secondary N) is 1. The van der Waals surface area contributed by atoms with Gasteiger partial charge in [0.05, 0.1) is 26.1 Å². The van der Waals surface area contributed by atoms with Crippen LogP contribution in [0.2, 0.25) is 5.02 Å². The van der Waals surface area contributed by atoms with Gasteiger partial charge in [-0.25, -0.2) is 4.98 Å². The molecule has 0 bridgehead atoms. The van der Waals surface area contributed by atoms with E-state index in [1.165, 1.54) is 11.8 Å². The molecule has 5 nitrogen and oxygen atoms in total. The Morgan fingerprint density at radius 1 is 1.18 bits per heavy atom. The maximum atomic E-state index is 9.71. The third-order valence-corrected chi connectivity index (χ3v) is 6.63. The van der Waals surface area contributed by atoms with E-state index in [9.17, 15) is 5.26 Å². The number of hydrogen-bond donors (Lipinski definition) is 1. The van der Waals surface area contributed by atoms with Gasteiger partial charge >= 0.3 is 0 Å². The minimum absolute atomic E-state index is 0.330. The highest BCUT2D eigenvalue weighted by Crippen LogP contribution is 2.37. The van der Waals surface area contributed by atoms with Crippen LogP contribution in [0.15, 0.2) is 70.7 Å². The van der Waals surface area contributed by atoms with Crippen LogP contribution in [0.25, 0.3) is 17.1 Å². The van der Waals surface area contributed by atoms with Gasteiger partial charge in [-0.05, 0) is 83.2 Å². The molecule has 0 saturated carbocycles. The number of imidazole rings is 1. The van der Waals surface area contributed by atoms with E-state index in [-0.39, 0.29) is 0 Å². The van der Waals surface area contributed by atoms with Crippen LogP contribution >= 0.6 is 46.0 Å². The fourth-order valence-electron chi connectivity index (χ4n) is 3.16. The minimum atomic E-state index is 0.330. The van der Waals surface area contributed by atoms with Crippen LogP contribution in [-0.4, -0.2) is 16.6 Å². The molecule has 0 radical (unpaired) electrons. The summed E-state index contributed by atoms with van der Waals surface area (Å²) in [6.45, 7) is 2.74. The maximum absolute atomic E-state index is 9.71. The van der Waals surface area contributed by atoms with E-state index in [1.54, 1.807) is 0 Å². The first-order valence-corrected chi connectivity index (χ1v) is 12.4. The number of halogens is 2. The molecule has 166 valence electrons.